The van der Waals surface area contributed by atoms with Crippen LogP contribution in [0.15, 0.2) is 35.2 Å². The SMILES string of the molecule is CNS(=O)(=O)c1cc(F)c(OC)nc1C(c1ccc(Cl)cc1)C(F)(F)F. The molecular weight excluding hydrogens is 400 g/mol. The van der Waals surface area contributed by atoms with Crippen LogP contribution < -0.4 is 9.46 Å². The fourth-order valence-corrected chi connectivity index (χ4v) is 3.34. The summed E-state index contributed by atoms with van der Waals surface area (Å²) in [5.41, 5.74) is -1.22. The van der Waals surface area contributed by atoms with Crippen molar-refractivity contribution in [1.29, 1.82) is 0 Å². The van der Waals surface area contributed by atoms with Crippen LogP contribution in [0.5, 0.6) is 5.88 Å². The van der Waals surface area contributed by atoms with E-state index in [4.69, 9.17) is 11.6 Å². The number of rotatable bonds is 5. The molecule has 1 heterocycles. The molecule has 0 saturated heterocycles. The summed E-state index contributed by atoms with van der Waals surface area (Å²) in [6.45, 7) is 0. The predicted octanol–water partition coefficient (Wildman–Crippen LogP) is 3.49. The number of halogens is 5. The van der Waals surface area contributed by atoms with Crippen molar-refractivity contribution in [2.45, 2.75) is 17.0 Å². The highest BCUT2D eigenvalue weighted by atomic mass is 35.5. The summed E-state index contributed by atoms with van der Waals surface area (Å²) in [5, 5.41) is 0.197. The van der Waals surface area contributed by atoms with Crippen LogP contribution in [-0.2, 0) is 10.0 Å². The number of nitrogens with one attached hydrogen (secondary N) is 1. The average Bonchev–Trinajstić information content (AvgIpc) is 2.56. The smallest absolute Gasteiger partial charge is 0.401 e. The van der Waals surface area contributed by atoms with Gasteiger partial charge < -0.3 is 4.74 Å². The summed E-state index contributed by atoms with van der Waals surface area (Å²) >= 11 is 5.70. The minimum atomic E-state index is -4.91. The van der Waals surface area contributed by atoms with Gasteiger partial charge in [0.15, 0.2) is 5.82 Å². The third kappa shape index (κ3) is 4.08. The first kappa shape index (κ1) is 20.4. The number of ether oxygens (including phenoxy) is 1. The normalized spacial score (nSPS) is 13.5. The van der Waals surface area contributed by atoms with Crippen LogP contribution in [0.3, 0.4) is 0 Å². The van der Waals surface area contributed by atoms with Crippen LogP contribution in [0.25, 0.3) is 0 Å². The van der Waals surface area contributed by atoms with Gasteiger partial charge in [-0.2, -0.15) is 13.2 Å². The highest BCUT2D eigenvalue weighted by molar-refractivity contribution is 7.89. The molecule has 11 heteroatoms. The van der Waals surface area contributed by atoms with Gasteiger partial charge in [-0.25, -0.2) is 22.5 Å². The molecule has 1 aromatic heterocycles. The first-order chi connectivity index (χ1) is 12.0. The van der Waals surface area contributed by atoms with Crippen molar-refractivity contribution in [3.05, 3.63) is 52.4 Å². The van der Waals surface area contributed by atoms with E-state index in [1.54, 1.807) is 0 Å². The number of alkyl halides is 3. The second-order valence-corrected chi connectivity index (χ2v) is 7.39. The van der Waals surface area contributed by atoms with E-state index in [0.29, 0.717) is 6.07 Å². The quantitative estimate of drug-likeness (QED) is 0.763. The maximum Gasteiger partial charge on any atom is 0.401 e. The van der Waals surface area contributed by atoms with Gasteiger partial charge in [0, 0.05) is 11.1 Å². The second-order valence-electron chi connectivity index (χ2n) is 5.10. The second kappa shape index (κ2) is 7.37. The van der Waals surface area contributed by atoms with Crippen LogP contribution in [0.1, 0.15) is 17.2 Å². The van der Waals surface area contributed by atoms with E-state index in [-0.39, 0.29) is 10.6 Å². The Morgan fingerprint density at radius 2 is 1.81 bits per heavy atom. The number of sulfonamides is 1. The average molecular weight is 413 g/mol. The zero-order valence-corrected chi connectivity index (χ0v) is 15.0. The van der Waals surface area contributed by atoms with Crippen LogP contribution in [0.2, 0.25) is 5.02 Å². The summed E-state index contributed by atoms with van der Waals surface area (Å²) < 4.78 is 86.0. The van der Waals surface area contributed by atoms with Crippen molar-refractivity contribution in [2.75, 3.05) is 14.2 Å². The number of pyridine rings is 1. The molecule has 0 radical (unpaired) electrons. The molecule has 0 aliphatic heterocycles. The highest BCUT2D eigenvalue weighted by Crippen LogP contribution is 2.42. The lowest BCUT2D eigenvalue weighted by Gasteiger charge is -2.23. The van der Waals surface area contributed by atoms with E-state index in [9.17, 15) is 26.0 Å². The van der Waals surface area contributed by atoms with E-state index in [1.165, 1.54) is 12.1 Å². The third-order valence-electron chi connectivity index (χ3n) is 3.49. The maximum atomic E-state index is 13.9. The van der Waals surface area contributed by atoms with Crippen molar-refractivity contribution in [3.63, 3.8) is 0 Å². The van der Waals surface area contributed by atoms with Crippen molar-refractivity contribution >= 4 is 21.6 Å². The molecule has 26 heavy (non-hydrogen) atoms. The zero-order valence-electron chi connectivity index (χ0n) is 13.4. The summed E-state index contributed by atoms with van der Waals surface area (Å²) in [7, 11) is -2.43. The Morgan fingerprint density at radius 3 is 2.27 bits per heavy atom. The maximum absolute atomic E-state index is 13.9. The summed E-state index contributed by atoms with van der Waals surface area (Å²) in [6, 6.07) is 5.08. The Balaban J connectivity index is 2.84. The number of hydrogen-bond acceptors (Lipinski definition) is 4. The van der Waals surface area contributed by atoms with Crippen LogP contribution in [0, 0.1) is 5.82 Å². The number of hydrogen-bond donors (Lipinski definition) is 1. The molecule has 0 aliphatic carbocycles. The van der Waals surface area contributed by atoms with Gasteiger partial charge in [-0.3, -0.25) is 0 Å². The Hall–Kier alpha value is -1.91. The van der Waals surface area contributed by atoms with Gasteiger partial charge in [-0.15, -0.1) is 0 Å². The van der Waals surface area contributed by atoms with Crippen molar-refractivity contribution in [1.82, 2.24) is 9.71 Å². The number of aromatic nitrogens is 1. The molecule has 0 aliphatic rings. The zero-order chi connectivity index (χ0) is 19.7. The first-order valence-corrected chi connectivity index (χ1v) is 8.87. The van der Waals surface area contributed by atoms with E-state index in [0.717, 1.165) is 26.3 Å². The van der Waals surface area contributed by atoms with E-state index in [2.05, 4.69) is 9.72 Å². The molecule has 2 rings (SSSR count). The van der Waals surface area contributed by atoms with Gasteiger partial charge >= 0.3 is 6.18 Å². The Bertz CT molecular complexity index is 902. The fraction of sp³-hybridized carbons (Fsp3) is 0.267. The van der Waals surface area contributed by atoms with Crippen molar-refractivity contribution in [3.8, 4) is 5.88 Å². The molecule has 1 unspecified atom stereocenters. The van der Waals surface area contributed by atoms with Gasteiger partial charge in [0.1, 0.15) is 10.8 Å². The van der Waals surface area contributed by atoms with Gasteiger partial charge in [0.25, 0.3) is 0 Å². The highest BCUT2D eigenvalue weighted by Gasteiger charge is 2.46. The molecular formula is C15H13ClF4N2O3S. The minimum absolute atomic E-state index is 0.197. The lowest BCUT2D eigenvalue weighted by Crippen LogP contribution is -2.28. The summed E-state index contributed by atoms with van der Waals surface area (Å²) in [4.78, 5) is 2.57. The van der Waals surface area contributed by atoms with Gasteiger partial charge in [-0.1, -0.05) is 23.7 Å². The molecule has 1 N–H and O–H groups in total. The van der Waals surface area contributed by atoms with E-state index in [1.807, 2.05) is 4.72 Å². The number of methoxy groups -OCH3 is 1. The van der Waals surface area contributed by atoms with Gasteiger partial charge in [0.2, 0.25) is 15.9 Å². The largest absolute Gasteiger partial charge is 0.479 e. The molecule has 0 amide bonds. The number of benzene rings is 1. The Labute approximate surface area is 152 Å². The monoisotopic (exact) mass is 412 g/mol. The molecule has 5 nitrogen and oxygen atoms in total. The van der Waals surface area contributed by atoms with Crippen LogP contribution >= 0.6 is 11.6 Å². The summed E-state index contributed by atoms with van der Waals surface area (Å²) in [6.07, 6.45) is -4.91. The lowest BCUT2D eigenvalue weighted by molar-refractivity contribution is -0.142. The first-order valence-electron chi connectivity index (χ1n) is 7.01. The number of nitrogens with zero attached hydrogens (tertiary/aromatic N) is 1. The Kier molecular flexibility index (Phi) is 5.79. The molecule has 0 fully saturated rings. The lowest BCUT2D eigenvalue weighted by atomic mass is 9.94. The van der Waals surface area contributed by atoms with E-state index >= 15 is 0 Å². The van der Waals surface area contributed by atoms with Gasteiger partial charge in [0.05, 0.1) is 12.8 Å². The topological polar surface area (TPSA) is 68.3 Å². The molecule has 1 atom stereocenters. The molecule has 0 saturated carbocycles. The minimum Gasteiger partial charge on any atom is -0.479 e. The van der Waals surface area contributed by atoms with Crippen molar-refractivity contribution in [2.24, 2.45) is 0 Å². The van der Waals surface area contributed by atoms with Gasteiger partial charge in [-0.05, 0) is 24.7 Å². The van der Waals surface area contributed by atoms with Crippen LogP contribution in [-0.4, -0.2) is 33.7 Å². The van der Waals surface area contributed by atoms with E-state index < -0.39 is 44.4 Å². The Morgan fingerprint density at radius 1 is 1.23 bits per heavy atom. The molecule has 0 bridgehead atoms. The summed E-state index contributed by atoms with van der Waals surface area (Å²) in [5.74, 6) is -4.40. The van der Waals surface area contributed by atoms with Crippen LogP contribution in [0.4, 0.5) is 17.6 Å². The molecule has 142 valence electrons. The molecule has 1 aromatic carbocycles. The molecule has 0 spiro atoms. The standard InChI is InChI=1S/C15H13ClF4N2O3S/c1-21-26(23,24)11-7-10(17)14(25-2)22-13(11)12(15(18,19)20)8-3-5-9(16)6-4-8/h3-7,12,21H,1-2H3. The fourth-order valence-electron chi connectivity index (χ4n) is 2.30. The predicted molar refractivity (Wildman–Crippen MR) is 86.3 cm³/mol. The molecule has 2 aromatic rings. The third-order valence-corrected chi connectivity index (χ3v) is 5.19. The van der Waals surface area contributed by atoms with Crippen molar-refractivity contribution < 1.29 is 30.7 Å².